The largest absolute Gasteiger partial charge is 0.480 e. The molecule has 2 aliphatic rings. The minimum absolute atomic E-state index is 0.440. The number of carboxylic acid groups (broad SMARTS) is 1. The molecule has 104 valence electrons. The minimum atomic E-state index is -0.622. The summed E-state index contributed by atoms with van der Waals surface area (Å²) in [5.74, 6) is -0.622. The zero-order valence-electron chi connectivity index (χ0n) is 11.7. The van der Waals surface area contributed by atoms with E-state index in [1.54, 1.807) is 0 Å². The molecule has 0 bridgehead atoms. The van der Waals surface area contributed by atoms with Crippen molar-refractivity contribution >= 4 is 5.97 Å². The van der Waals surface area contributed by atoms with Gasteiger partial charge in [0.2, 0.25) is 0 Å². The molecule has 2 unspecified atom stereocenters. The molecular formula is C14H26N2O2. The lowest BCUT2D eigenvalue weighted by atomic mass is 9.79. The Labute approximate surface area is 110 Å². The summed E-state index contributed by atoms with van der Waals surface area (Å²) in [6.45, 7) is 2.03. The van der Waals surface area contributed by atoms with E-state index in [1.807, 2.05) is 7.05 Å². The fourth-order valence-corrected chi connectivity index (χ4v) is 3.58. The first-order valence-electron chi connectivity index (χ1n) is 7.21. The molecule has 18 heavy (non-hydrogen) atoms. The van der Waals surface area contributed by atoms with Crippen LogP contribution in [0.15, 0.2) is 0 Å². The molecule has 0 radical (unpaired) electrons. The zero-order chi connectivity index (χ0) is 13.2. The first-order valence-corrected chi connectivity index (χ1v) is 7.21. The van der Waals surface area contributed by atoms with Gasteiger partial charge in [-0.3, -0.25) is 9.69 Å². The Morgan fingerprint density at radius 2 is 1.94 bits per heavy atom. The number of likely N-dealkylation sites (N-methyl/N-ethyl adjacent to an activating group) is 1. The van der Waals surface area contributed by atoms with Crippen molar-refractivity contribution in [3.63, 3.8) is 0 Å². The zero-order valence-corrected chi connectivity index (χ0v) is 11.7. The van der Waals surface area contributed by atoms with Gasteiger partial charge in [-0.05, 0) is 65.7 Å². The van der Waals surface area contributed by atoms with Crippen LogP contribution >= 0.6 is 0 Å². The van der Waals surface area contributed by atoms with Crippen molar-refractivity contribution in [2.24, 2.45) is 0 Å². The normalized spacial score (nSPS) is 35.6. The topological polar surface area (TPSA) is 43.8 Å². The highest BCUT2D eigenvalue weighted by molar-refractivity contribution is 5.79. The summed E-state index contributed by atoms with van der Waals surface area (Å²) >= 11 is 0. The second kappa shape index (κ2) is 5.57. The van der Waals surface area contributed by atoms with Crippen LogP contribution in [0.2, 0.25) is 0 Å². The van der Waals surface area contributed by atoms with Crippen molar-refractivity contribution in [3.05, 3.63) is 0 Å². The van der Waals surface area contributed by atoms with Crippen molar-refractivity contribution in [3.8, 4) is 0 Å². The second-order valence-electron chi connectivity index (χ2n) is 6.05. The van der Waals surface area contributed by atoms with Gasteiger partial charge in [-0.2, -0.15) is 0 Å². The Hall–Kier alpha value is -0.610. The molecule has 0 saturated carbocycles. The maximum atomic E-state index is 11.8. The SMILES string of the molecule is CN1CCCCC1CC1(C(=O)O)CCCCN1C. The molecule has 2 saturated heterocycles. The average molecular weight is 254 g/mol. The fourth-order valence-electron chi connectivity index (χ4n) is 3.58. The lowest BCUT2D eigenvalue weighted by molar-refractivity contribution is -0.155. The van der Waals surface area contributed by atoms with Crippen molar-refractivity contribution in [2.45, 2.75) is 56.5 Å². The molecule has 1 N–H and O–H groups in total. The van der Waals surface area contributed by atoms with E-state index in [4.69, 9.17) is 0 Å². The molecule has 4 nitrogen and oxygen atoms in total. The van der Waals surface area contributed by atoms with Crippen LogP contribution < -0.4 is 0 Å². The van der Waals surface area contributed by atoms with E-state index in [2.05, 4.69) is 16.8 Å². The molecule has 4 heteroatoms. The first kappa shape index (κ1) is 13.8. The number of nitrogens with zero attached hydrogens (tertiary/aromatic N) is 2. The van der Waals surface area contributed by atoms with Crippen molar-refractivity contribution in [1.29, 1.82) is 0 Å². The van der Waals surface area contributed by atoms with Gasteiger partial charge in [0.05, 0.1) is 0 Å². The third kappa shape index (κ3) is 2.54. The van der Waals surface area contributed by atoms with Gasteiger partial charge in [0.25, 0.3) is 0 Å². The van der Waals surface area contributed by atoms with E-state index < -0.39 is 11.5 Å². The first-order chi connectivity index (χ1) is 8.56. The Morgan fingerprint density at radius 1 is 1.22 bits per heavy atom. The summed E-state index contributed by atoms with van der Waals surface area (Å²) in [5, 5.41) is 9.72. The number of rotatable bonds is 3. The van der Waals surface area contributed by atoms with Crippen molar-refractivity contribution in [2.75, 3.05) is 27.2 Å². The summed E-state index contributed by atoms with van der Waals surface area (Å²) in [5.41, 5.74) is -0.617. The molecule has 0 aromatic heterocycles. The number of hydrogen-bond donors (Lipinski definition) is 1. The molecule has 0 aromatic rings. The summed E-state index contributed by atoms with van der Waals surface area (Å²) in [6.07, 6.45) is 7.42. The standard InChI is InChI=1S/C14H26N2O2/c1-15-9-5-3-7-12(15)11-14(13(17)18)8-4-6-10-16(14)2/h12H,3-11H2,1-2H3,(H,17,18). The van der Waals surface area contributed by atoms with Crippen molar-refractivity contribution in [1.82, 2.24) is 9.80 Å². The Kier molecular flexibility index (Phi) is 4.28. The maximum Gasteiger partial charge on any atom is 0.324 e. The monoisotopic (exact) mass is 254 g/mol. The number of carbonyl (C=O) groups is 1. The van der Waals surface area contributed by atoms with E-state index in [0.29, 0.717) is 6.04 Å². The van der Waals surface area contributed by atoms with Crippen LogP contribution in [0, 0.1) is 0 Å². The lowest BCUT2D eigenvalue weighted by Crippen LogP contribution is -2.58. The van der Waals surface area contributed by atoms with Crippen LogP contribution in [0.3, 0.4) is 0 Å². The maximum absolute atomic E-state index is 11.8. The third-order valence-electron chi connectivity index (χ3n) is 4.96. The highest BCUT2D eigenvalue weighted by Crippen LogP contribution is 2.34. The fraction of sp³-hybridized carbons (Fsp3) is 0.929. The molecule has 0 spiro atoms. The lowest BCUT2D eigenvalue weighted by Gasteiger charge is -2.46. The van der Waals surface area contributed by atoms with Gasteiger partial charge in [-0.15, -0.1) is 0 Å². The van der Waals surface area contributed by atoms with Crippen LogP contribution in [0.5, 0.6) is 0 Å². The molecule has 2 atom stereocenters. The molecule has 2 aliphatic heterocycles. The van der Waals surface area contributed by atoms with E-state index in [0.717, 1.165) is 45.2 Å². The Balaban J connectivity index is 2.12. The molecule has 0 amide bonds. The van der Waals surface area contributed by atoms with Crippen molar-refractivity contribution < 1.29 is 9.90 Å². The summed E-state index contributed by atoms with van der Waals surface area (Å²) in [4.78, 5) is 16.2. The van der Waals surface area contributed by atoms with E-state index in [9.17, 15) is 9.90 Å². The average Bonchev–Trinajstić information content (AvgIpc) is 2.34. The number of carboxylic acids is 1. The molecule has 2 rings (SSSR count). The van der Waals surface area contributed by atoms with Crippen LogP contribution in [0.25, 0.3) is 0 Å². The Morgan fingerprint density at radius 3 is 2.56 bits per heavy atom. The van der Waals surface area contributed by atoms with Gasteiger partial charge in [0, 0.05) is 6.04 Å². The second-order valence-corrected chi connectivity index (χ2v) is 6.05. The smallest absolute Gasteiger partial charge is 0.324 e. The predicted octanol–water partition coefficient (Wildman–Crippen LogP) is 1.80. The molecular weight excluding hydrogens is 228 g/mol. The van der Waals surface area contributed by atoms with E-state index >= 15 is 0 Å². The van der Waals surface area contributed by atoms with Crippen LogP contribution in [-0.2, 0) is 4.79 Å². The van der Waals surface area contributed by atoms with E-state index in [1.165, 1.54) is 12.8 Å². The highest BCUT2D eigenvalue weighted by atomic mass is 16.4. The number of likely N-dealkylation sites (tertiary alicyclic amines) is 2. The van der Waals surface area contributed by atoms with Gasteiger partial charge in [-0.25, -0.2) is 0 Å². The summed E-state index contributed by atoms with van der Waals surface area (Å²) in [7, 11) is 4.12. The molecule has 2 fully saturated rings. The number of aliphatic carboxylic acids is 1. The molecule has 2 heterocycles. The van der Waals surface area contributed by atoms with Crippen LogP contribution in [0.1, 0.15) is 44.9 Å². The van der Waals surface area contributed by atoms with Gasteiger partial charge in [-0.1, -0.05) is 6.42 Å². The summed E-state index contributed by atoms with van der Waals surface area (Å²) < 4.78 is 0. The predicted molar refractivity (Wildman–Crippen MR) is 71.7 cm³/mol. The third-order valence-corrected chi connectivity index (χ3v) is 4.96. The number of hydrogen-bond acceptors (Lipinski definition) is 3. The molecule has 0 aromatic carbocycles. The Bertz CT molecular complexity index is 308. The highest BCUT2D eigenvalue weighted by Gasteiger charge is 2.46. The van der Waals surface area contributed by atoms with Gasteiger partial charge < -0.3 is 10.0 Å². The van der Waals surface area contributed by atoms with Crippen LogP contribution in [0.4, 0.5) is 0 Å². The number of piperidine rings is 2. The van der Waals surface area contributed by atoms with Crippen LogP contribution in [-0.4, -0.2) is 59.6 Å². The molecule has 0 aliphatic carbocycles. The van der Waals surface area contributed by atoms with Gasteiger partial charge in [0.15, 0.2) is 0 Å². The quantitative estimate of drug-likeness (QED) is 0.834. The van der Waals surface area contributed by atoms with Gasteiger partial charge in [0.1, 0.15) is 5.54 Å². The van der Waals surface area contributed by atoms with E-state index in [-0.39, 0.29) is 0 Å². The minimum Gasteiger partial charge on any atom is -0.480 e. The van der Waals surface area contributed by atoms with Gasteiger partial charge >= 0.3 is 5.97 Å². The summed E-state index contributed by atoms with van der Waals surface area (Å²) in [6, 6.07) is 0.440.